The van der Waals surface area contributed by atoms with E-state index in [0.717, 1.165) is 27.0 Å². The summed E-state index contributed by atoms with van der Waals surface area (Å²) in [7, 11) is 1.65. The second kappa shape index (κ2) is 7.50. The molecule has 0 heterocycles. The first kappa shape index (κ1) is 15.1. The van der Waals surface area contributed by atoms with Crippen LogP contribution in [-0.2, 0) is 11.2 Å². The molecule has 0 aromatic heterocycles. The molecule has 4 heteroatoms. The number of carbonyl (C=O) groups excluding carboxylic acids is 1. The van der Waals surface area contributed by atoms with E-state index in [2.05, 4.69) is 15.9 Å². The fraction of sp³-hybridized carbons (Fsp3) is 0.188. The van der Waals surface area contributed by atoms with Crippen molar-refractivity contribution in [2.24, 2.45) is 0 Å². The van der Waals surface area contributed by atoms with Gasteiger partial charge in [-0.1, -0.05) is 28.1 Å². The Hall–Kier alpha value is -1.26. The van der Waals surface area contributed by atoms with E-state index in [1.165, 1.54) is 0 Å². The van der Waals surface area contributed by atoms with Crippen LogP contribution >= 0.6 is 27.7 Å². The van der Waals surface area contributed by atoms with E-state index in [0.29, 0.717) is 6.42 Å². The van der Waals surface area contributed by atoms with Crippen LogP contribution in [0.3, 0.4) is 0 Å². The van der Waals surface area contributed by atoms with Crippen LogP contribution in [0.15, 0.2) is 57.9 Å². The van der Waals surface area contributed by atoms with Crippen molar-refractivity contribution in [1.29, 1.82) is 0 Å². The second-order valence-electron chi connectivity index (χ2n) is 4.30. The summed E-state index contributed by atoms with van der Waals surface area (Å²) in [5, 5.41) is -0.0942. The maximum Gasteiger partial charge on any atom is 0.133 e. The standard InChI is InChI=1S/C16H15BrO2S/c1-19-14-4-2-3-12(9-14)10-16(11-18)20-15-7-5-13(17)6-8-15/h2-9,11,16H,10H2,1H3. The van der Waals surface area contributed by atoms with Gasteiger partial charge in [0, 0.05) is 9.37 Å². The Balaban J connectivity index is 2.04. The van der Waals surface area contributed by atoms with Crippen LogP contribution in [0.2, 0.25) is 0 Å². The molecule has 0 saturated carbocycles. The maximum absolute atomic E-state index is 11.3. The SMILES string of the molecule is COc1cccc(CC(C=O)Sc2ccc(Br)cc2)c1. The molecule has 2 aromatic carbocycles. The van der Waals surface area contributed by atoms with Gasteiger partial charge < -0.3 is 9.53 Å². The highest BCUT2D eigenvalue weighted by Crippen LogP contribution is 2.27. The van der Waals surface area contributed by atoms with Crippen LogP contribution in [0, 0.1) is 0 Å². The lowest BCUT2D eigenvalue weighted by Crippen LogP contribution is -2.08. The van der Waals surface area contributed by atoms with Gasteiger partial charge in [-0.15, -0.1) is 11.8 Å². The zero-order valence-electron chi connectivity index (χ0n) is 11.1. The highest BCUT2D eigenvalue weighted by atomic mass is 79.9. The zero-order valence-corrected chi connectivity index (χ0v) is 13.5. The minimum absolute atomic E-state index is 0.0942. The number of aldehydes is 1. The highest BCUT2D eigenvalue weighted by molar-refractivity contribution is 9.10. The van der Waals surface area contributed by atoms with Gasteiger partial charge in [-0.2, -0.15) is 0 Å². The molecular formula is C16H15BrO2S. The zero-order chi connectivity index (χ0) is 14.4. The van der Waals surface area contributed by atoms with Gasteiger partial charge in [0.2, 0.25) is 0 Å². The van der Waals surface area contributed by atoms with Crippen LogP contribution < -0.4 is 4.74 Å². The topological polar surface area (TPSA) is 26.3 Å². The molecule has 20 heavy (non-hydrogen) atoms. The number of halogens is 1. The number of methoxy groups -OCH3 is 1. The number of hydrogen-bond donors (Lipinski definition) is 0. The molecule has 2 aromatic rings. The lowest BCUT2D eigenvalue weighted by molar-refractivity contribution is -0.107. The van der Waals surface area contributed by atoms with Crippen molar-refractivity contribution in [1.82, 2.24) is 0 Å². The third-order valence-electron chi connectivity index (χ3n) is 2.82. The van der Waals surface area contributed by atoms with Crippen LogP contribution in [0.1, 0.15) is 5.56 Å². The van der Waals surface area contributed by atoms with E-state index in [1.54, 1.807) is 18.9 Å². The average molecular weight is 351 g/mol. The summed E-state index contributed by atoms with van der Waals surface area (Å²) < 4.78 is 6.24. The molecule has 0 fully saturated rings. The molecule has 0 N–H and O–H groups in total. The lowest BCUT2D eigenvalue weighted by atomic mass is 10.1. The number of benzene rings is 2. The van der Waals surface area contributed by atoms with Crippen LogP contribution in [-0.4, -0.2) is 18.6 Å². The second-order valence-corrected chi connectivity index (χ2v) is 6.53. The molecule has 2 rings (SSSR count). The molecule has 0 amide bonds. The van der Waals surface area contributed by atoms with E-state index < -0.39 is 0 Å². The summed E-state index contributed by atoms with van der Waals surface area (Å²) in [6.07, 6.45) is 1.70. The van der Waals surface area contributed by atoms with E-state index in [-0.39, 0.29) is 5.25 Å². The Morgan fingerprint density at radius 1 is 1.25 bits per heavy atom. The smallest absolute Gasteiger partial charge is 0.133 e. The van der Waals surface area contributed by atoms with Crippen molar-refractivity contribution in [3.63, 3.8) is 0 Å². The first-order valence-electron chi connectivity index (χ1n) is 6.21. The predicted molar refractivity (Wildman–Crippen MR) is 86.5 cm³/mol. The number of thioether (sulfide) groups is 1. The fourth-order valence-corrected chi connectivity index (χ4v) is 3.08. The summed E-state index contributed by atoms with van der Waals surface area (Å²) in [6, 6.07) is 15.8. The molecule has 0 aliphatic heterocycles. The third kappa shape index (κ3) is 4.39. The number of ether oxygens (including phenoxy) is 1. The van der Waals surface area contributed by atoms with Crippen LogP contribution in [0.5, 0.6) is 5.75 Å². The van der Waals surface area contributed by atoms with Gasteiger partial charge in [0.15, 0.2) is 0 Å². The monoisotopic (exact) mass is 350 g/mol. The Morgan fingerprint density at radius 2 is 2.00 bits per heavy atom. The van der Waals surface area contributed by atoms with Crippen molar-refractivity contribution in [3.8, 4) is 5.75 Å². The van der Waals surface area contributed by atoms with Crippen molar-refractivity contribution in [2.75, 3.05) is 7.11 Å². The molecule has 0 aliphatic carbocycles. The molecule has 1 atom stereocenters. The Bertz CT molecular complexity index is 569. The number of carbonyl (C=O) groups is 1. The quantitative estimate of drug-likeness (QED) is 0.571. The summed E-state index contributed by atoms with van der Waals surface area (Å²) in [5.41, 5.74) is 1.10. The van der Waals surface area contributed by atoms with Gasteiger partial charge in [-0.3, -0.25) is 0 Å². The van der Waals surface area contributed by atoms with Crippen molar-refractivity contribution in [3.05, 3.63) is 58.6 Å². The van der Waals surface area contributed by atoms with E-state index in [9.17, 15) is 4.79 Å². The number of rotatable bonds is 6. The maximum atomic E-state index is 11.3. The average Bonchev–Trinajstić information content (AvgIpc) is 2.49. The van der Waals surface area contributed by atoms with Crippen molar-refractivity contribution >= 4 is 34.0 Å². The molecule has 1 unspecified atom stereocenters. The lowest BCUT2D eigenvalue weighted by Gasteiger charge is -2.11. The van der Waals surface area contributed by atoms with E-state index in [1.807, 2.05) is 48.5 Å². The highest BCUT2D eigenvalue weighted by Gasteiger charge is 2.11. The number of hydrogen-bond acceptors (Lipinski definition) is 3. The summed E-state index contributed by atoms with van der Waals surface area (Å²) in [5.74, 6) is 0.820. The van der Waals surface area contributed by atoms with Crippen molar-refractivity contribution in [2.45, 2.75) is 16.6 Å². The molecule has 0 saturated heterocycles. The fourth-order valence-electron chi connectivity index (χ4n) is 1.84. The molecule has 0 radical (unpaired) electrons. The molecule has 104 valence electrons. The van der Waals surface area contributed by atoms with Crippen LogP contribution in [0.25, 0.3) is 0 Å². The molecular weight excluding hydrogens is 336 g/mol. The third-order valence-corrected chi connectivity index (χ3v) is 4.48. The summed E-state index contributed by atoms with van der Waals surface area (Å²) in [4.78, 5) is 12.4. The van der Waals surface area contributed by atoms with E-state index in [4.69, 9.17) is 4.74 Å². The van der Waals surface area contributed by atoms with E-state index >= 15 is 0 Å². The minimum Gasteiger partial charge on any atom is -0.497 e. The van der Waals surface area contributed by atoms with Gasteiger partial charge >= 0.3 is 0 Å². The largest absolute Gasteiger partial charge is 0.497 e. The van der Waals surface area contributed by atoms with Gasteiger partial charge in [-0.25, -0.2) is 0 Å². The Morgan fingerprint density at radius 3 is 2.65 bits per heavy atom. The van der Waals surface area contributed by atoms with Gasteiger partial charge in [0.05, 0.1) is 12.4 Å². The van der Waals surface area contributed by atoms with Crippen molar-refractivity contribution < 1.29 is 9.53 Å². The van der Waals surface area contributed by atoms with Gasteiger partial charge in [0.1, 0.15) is 12.0 Å². The Labute approximate surface area is 131 Å². The molecule has 2 nitrogen and oxygen atoms in total. The summed E-state index contributed by atoms with van der Waals surface area (Å²) >= 11 is 4.98. The first-order valence-corrected chi connectivity index (χ1v) is 7.89. The van der Waals surface area contributed by atoms with Crippen LogP contribution in [0.4, 0.5) is 0 Å². The first-order chi connectivity index (χ1) is 9.71. The normalized spacial score (nSPS) is 11.9. The molecule has 0 bridgehead atoms. The molecule has 0 aliphatic rings. The Kier molecular flexibility index (Phi) is 5.68. The molecule has 0 spiro atoms. The van der Waals surface area contributed by atoms with Gasteiger partial charge in [-0.05, 0) is 48.4 Å². The summed E-state index contributed by atoms with van der Waals surface area (Å²) in [6.45, 7) is 0. The van der Waals surface area contributed by atoms with Gasteiger partial charge in [0.25, 0.3) is 0 Å². The predicted octanol–water partition coefficient (Wildman–Crippen LogP) is 4.36. The minimum atomic E-state index is -0.0942.